The molecule has 2 rings (SSSR count). The van der Waals surface area contributed by atoms with E-state index in [1.807, 2.05) is 33.2 Å². The lowest BCUT2D eigenvalue weighted by atomic mass is 10.1. The summed E-state index contributed by atoms with van der Waals surface area (Å²) in [6.45, 7) is 3.79. The van der Waals surface area contributed by atoms with Gasteiger partial charge in [-0.3, -0.25) is 9.36 Å². The van der Waals surface area contributed by atoms with Crippen molar-refractivity contribution in [1.29, 1.82) is 0 Å². The molecule has 0 bridgehead atoms. The van der Waals surface area contributed by atoms with Crippen LogP contribution in [-0.4, -0.2) is 49.0 Å². The SMILES string of the molecule is CC(=O)OCOC(=O)n1cc(CCN(C)C)c2cc(C)ccc21. The van der Waals surface area contributed by atoms with Crippen molar-refractivity contribution in [3.05, 3.63) is 35.5 Å². The third kappa shape index (κ3) is 4.32. The van der Waals surface area contributed by atoms with Crippen LogP contribution in [0.3, 0.4) is 0 Å². The van der Waals surface area contributed by atoms with Gasteiger partial charge in [-0.15, -0.1) is 0 Å². The highest BCUT2D eigenvalue weighted by Gasteiger charge is 2.15. The Morgan fingerprint density at radius 1 is 1.22 bits per heavy atom. The molecule has 0 aliphatic rings. The number of esters is 1. The highest BCUT2D eigenvalue weighted by Crippen LogP contribution is 2.23. The Kier molecular flexibility index (Phi) is 5.39. The fraction of sp³-hybridized carbons (Fsp3) is 0.412. The minimum atomic E-state index is -0.559. The quantitative estimate of drug-likeness (QED) is 0.626. The summed E-state index contributed by atoms with van der Waals surface area (Å²) in [6, 6.07) is 5.92. The van der Waals surface area contributed by atoms with Gasteiger partial charge in [-0.25, -0.2) is 4.79 Å². The average molecular weight is 318 g/mol. The molecule has 0 aliphatic heterocycles. The first-order chi connectivity index (χ1) is 10.9. The minimum absolute atomic E-state index is 0.382. The van der Waals surface area contributed by atoms with Gasteiger partial charge in [-0.05, 0) is 45.1 Å². The Morgan fingerprint density at radius 2 is 1.96 bits per heavy atom. The average Bonchev–Trinajstić information content (AvgIpc) is 2.82. The highest BCUT2D eigenvalue weighted by molar-refractivity contribution is 5.92. The van der Waals surface area contributed by atoms with Gasteiger partial charge in [-0.2, -0.15) is 0 Å². The highest BCUT2D eigenvalue weighted by atomic mass is 16.7. The van der Waals surface area contributed by atoms with E-state index in [1.54, 1.807) is 6.20 Å². The van der Waals surface area contributed by atoms with Gasteiger partial charge in [0.25, 0.3) is 0 Å². The van der Waals surface area contributed by atoms with Gasteiger partial charge < -0.3 is 14.4 Å². The fourth-order valence-corrected chi connectivity index (χ4v) is 2.34. The van der Waals surface area contributed by atoms with E-state index in [-0.39, 0.29) is 6.79 Å². The second kappa shape index (κ2) is 7.28. The maximum absolute atomic E-state index is 12.2. The van der Waals surface area contributed by atoms with Crippen molar-refractivity contribution < 1.29 is 19.1 Å². The summed E-state index contributed by atoms with van der Waals surface area (Å²) in [5.41, 5.74) is 3.01. The summed E-state index contributed by atoms with van der Waals surface area (Å²) in [5, 5.41) is 1.04. The fourth-order valence-electron chi connectivity index (χ4n) is 2.34. The Balaban J connectivity index is 2.28. The number of nitrogens with zero attached hydrogens (tertiary/aromatic N) is 2. The Morgan fingerprint density at radius 3 is 2.61 bits per heavy atom. The number of aryl methyl sites for hydroxylation is 1. The van der Waals surface area contributed by atoms with Crippen molar-refractivity contribution in [2.45, 2.75) is 20.3 Å². The summed E-state index contributed by atoms with van der Waals surface area (Å²) in [6.07, 6.45) is 2.07. The third-order valence-corrected chi connectivity index (χ3v) is 3.51. The van der Waals surface area contributed by atoms with E-state index >= 15 is 0 Å². The van der Waals surface area contributed by atoms with Crippen LogP contribution >= 0.6 is 0 Å². The van der Waals surface area contributed by atoms with E-state index in [1.165, 1.54) is 11.5 Å². The molecule has 0 atom stereocenters. The van der Waals surface area contributed by atoms with Gasteiger partial charge >= 0.3 is 12.1 Å². The second-order valence-corrected chi connectivity index (χ2v) is 5.76. The van der Waals surface area contributed by atoms with Crippen LogP contribution in [0.25, 0.3) is 10.9 Å². The zero-order chi connectivity index (χ0) is 17.0. The van der Waals surface area contributed by atoms with E-state index < -0.39 is 12.1 Å². The molecule has 0 saturated carbocycles. The van der Waals surface area contributed by atoms with E-state index in [2.05, 4.69) is 15.7 Å². The number of hydrogen-bond acceptors (Lipinski definition) is 5. The first-order valence-corrected chi connectivity index (χ1v) is 7.44. The normalized spacial score (nSPS) is 11.0. The molecule has 1 heterocycles. The summed E-state index contributed by atoms with van der Waals surface area (Å²) in [5.74, 6) is -0.488. The molecule has 124 valence electrons. The van der Waals surface area contributed by atoms with Crippen LogP contribution in [0.5, 0.6) is 0 Å². The van der Waals surface area contributed by atoms with E-state index in [4.69, 9.17) is 4.74 Å². The smallest absolute Gasteiger partial charge is 0.421 e. The van der Waals surface area contributed by atoms with Crippen LogP contribution in [-0.2, 0) is 20.7 Å². The van der Waals surface area contributed by atoms with E-state index in [0.29, 0.717) is 0 Å². The standard InChI is InChI=1S/C17H22N2O4/c1-12-5-6-16-15(9-12)14(7-8-18(3)4)10-19(16)17(21)23-11-22-13(2)20/h5-6,9-10H,7-8,11H2,1-4H3. The van der Waals surface area contributed by atoms with Crippen molar-refractivity contribution in [1.82, 2.24) is 9.47 Å². The molecular weight excluding hydrogens is 296 g/mol. The Bertz CT molecular complexity index is 719. The number of carbonyl (C=O) groups excluding carboxylic acids is 2. The molecular formula is C17H22N2O4. The van der Waals surface area contributed by atoms with Crippen LogP contribution in [0.1, 0.15) is 18.1 Å². The monoisotopic (exact) mass is 318 g/mol. The van der Waals surface area contributed by atoms with E-state index in [0.717, 1.165) is 35.0 Å². The number of carbonyl (C=O) groups is 2. The van der Waals surface area contributed by atoms with Crippen molar-refractivity contribution in [3.8, 4) is 0 Å². The second-order valence-electron chi connectivity index (χ2n) is 5.76. The predicted octanol–water partition coefficient (Wildman–Crippen LogP) is 2.56. The van der Waals surface area contributed by atoms with Gasteiger partial charge in [0.15, 0.2) is 0 Å². The van der Waals surface area contributed by atoms with Gasteiger partial charge in [-0.1, -0.05) is 11.6 Å². The Labute approximate surface area is 135 Å². The Hall–Kier alpha value is -2.34. The van der Waals surface area contributed by atoms with Gasteiger partial charge in [0.2, 0.25) is 6.79 Å². The largest absolute Gasteiger partial charge is 0.428 e. The van der Waals surface area contributed by atoms with E-state index in [9.17, 15) is 9.59 Å². The molecule has 6 heteroatoms. The van der Waals surface area contributed by atoms with Crippen molar-refractivity contribution in [3.63, 3.8) is 0 Å². The number of benzene rings is 1. The summed E-state index contributed by atoms with van der Waals surface area (Å²) < 4.78 is 11.1. The first kappa shape index (κ1) is 17.0. The number of aromatic nitrogens is 1. The molecule has 0 N–H and O–H groups in total. The van der Waals surface area contributed by atoms with Crippen LogP contribution in [0.15, 0.2) is 24.4 Å². The maximum Gasteiger partial charge on any atom is 0.421 e. The molecule has 0 amide bonds. The molecule has 23 heavy (non-hydrogen) atoms. The lowest BCUT2D eigenvalue weighted by Gasteiger charge is -2.08. The van der Waals surface area contributed by atoms with Crippen LogP contribution < -0.4 is 0 Å². The van der Waals surface area contributed by atoms with Crippen molar-refractivity contribution >= 4 is 23.0 Å². The summed E-state index contributed by atoms with van der Waals surface area (Å²) >= 11 is 0. The van der Waals surface area contributed by atoms with Gasteiger partial charge in [0.05, 0.1) is 5.52 Å². The third-order valence-electron chi connectivity index (χ3n) is 3.51. The minimum Gasteiger partial charge on any atom is -0.428 e. The summed E-state index contributed by atoms with van der Waals surface area (Å²) in [7, 11) is 4.02. The van der Waals surface area contributed by atoms with Crippen LogP contribution in [0.2, 0.25) is 0 Å². The number of likely N-dealkylation sites (N-methyl/N-ethyl adjacent to an activating group) is 1. The lowest BCUT2D eigenvalue weighted by Crippen LogP contribution is -2.16. The van der Waals surface area contributed by atoms with Crippen LogP contribution in [0, 0.1) is 6.92 Å². The predicted molar refractivity (Wildman–Crippen MR) is 87.4 cm³/mol. The maximum atomic E-state index is 12.2. The number of ether oxygens (including phenoxy) is 2. The lowest BCUT2D eigenvalue weighted by molar-refractivity contribution is -0.149. The molecule has 0 saturated heterocycles. The molecule has 0 fully saturated rings. The molecule has 0 unspecified atom stereocenters. The number of rotatable bonds is 5. The van der Waals surface area contributed by atoms with Crippen molar-refractivity contribution in [2.75, 3.05) is 27.4 Å². The van der Waals surface area contributed by atoms with Gasteiger partial charge in [0.1, 0.15) is 0 Å². The molecule has 0 spiro atoms. The zero-order valence-corrected chi connectivity index (χ0v) is 14.0. The topological polar surface area (TPSA) is 60.8 Å². The summed E-state index contributed by atoms with van der Waals surface area (Å²) in [4.78, 5) is 25.1. The van der Waals surface area contributed by atoms with Crippen molar-refractivity contribution in [2.24, 2.45) is 0 Å². The molecule has 1 aromatic heterocycles. The molecule has 1 aromatic carbocycles. The van der Waals surface area contributed by atoms with Gasteiger partial charge in [0, 0.05) is 25.1 Å². The number of fused-ring (bicyclic) bond motifs is 1. The number of hydrogen-bond donors (Lipinski definition) is 0. The van der Waals surface area contributed by atoms with Crippen LogP contribution in [0.4, 0.5) is 4.79 Å². The molecule has 6 nitrogen and oxygen atoms in total. The molecule has 0 aliphatic carbocycles. The zero-order valence-electron chi connectivity index (χ0n) is 14.0. The first-order valence-electron chi connectivity index (χ1n) is 7.44. The molecule has 2 aromatic rings. The molecule has 0 radical (unpaired) electrons.